The molecular formula is C19H15Cl2N3O4. The molecule has 0 radical (unpaired) electrons. The van der Waals surface area contributed by atoms with Gasteiger partial charge in [0, 0.05) is 11.2 Å². The van der Waals surface area contributed by atoms with E-state index in [2.05, 4.69) is 9.97 Å². The van der Waals surface area contributed by atoms with E-state index in [-0.39, 0.29) is 31.2 Å². The Kier molecular flexibility index (Phi) is 3.91. The van der Waals surface area contributed by atoms with Crippen molar-refractivity contribution < 1.29 is 18.9 Å². The molecule has 1 aromatic carbocycles. The highest BCUT2D eigenvalue weighted by atomic mass is 35.5. The van der Waals surface area contributed by atoms with Crippen molar-refractivity contribution in [2.45, 2.75) is 37.3 Å². The highest BCUT2D eigenvalue weighted by molar-refractivity contribution is 6.33. The predicted octanol–water partition coefficient (Wildman–Crippen LogP) is 3.65. The molecule has 9 heteroatoms. The molecule has 0 N–H and O–H groups in total. The second-order valence-electron chi connectivity index (χ2n) is 7.07. The summed E-state index contributed by atoms with van der Waals surface area (Å²) in [4.78, 5) is 8.41. The lowest BCUT2D eigenvalue weighted by Gasteiger charge is -2.23. The fraction of sp³-hybridized carbons (Fsp3) is 0.368. The molecule has 144 valence electrons. The molecule has 0 unspecified atom stereocenters. The van der Waals surface area contributed by atoms with Crippen LogP contribution >= 0.6 is 23.2 Å². The summed E-state index contributed by atoms with van der Waals surface area (Å²) in [6.07, 6.45) is 1.79. The van der Waals surface area contributed by atoms with E-state index in [0.29, 0.717) is 22.4 Å². The molecule has 0 bridgehead atoms. The number of benzene rings is 1. The maximum atomic E-state index is 6.44. The normalized spacial score (nSPS) is 31.4. The smallest absolute Gasteiger partial charge is 0.164 e. The zero-order valence-corrected chi connectivity index (χ0v) is 16.0. The molecule has 0 saturated carbocycles. The van der Waals surface area contributed by atoms with Gasteiger partial charge in [0.25, 0.3) is 0 Å². The van der Waals surface area contributed by atoms with Gasteiger partial charge in [-0.2, -0.15) is 0 Å². The van der Waals surface area contributed by atoms with Gasteiger partial charge in [-0.15, -0.1) is 0 Å². The van der Waals surface area contributed by atoms with Gasteiger partial charge in [0.05, 0.1) is 12.0 Å². The lowest BCUT2D eigenvalue weighted by molar-refractivity contribution is -0.139. The van der Waals surface area contributed by atoms with Crippen LogP contribution in [-0.4, -0.2) is 39.6 Å². The van der Waals surface area contributed by atoms with Gasteiger partial charge < -0.3 is 23.5 Å². The number of rotatable bonds is 2. The van der Waals surface area contributed by atoms with E-state index >= 15 is 0 Å². The molecule has 2 aromatic heterocycles. The van der Waals surface area contributed by atoms with Crippen molar-refractivity contribution in [1.29, 1.82) is 0 Å². The Labute approximate surface area is 170 Å². The minimum absolute atomic E-state index is 0.218. The van der Waals surface area contributed by atoms with E-state index in [1.807, 2.05) is 35.0 Å². The van der Waals surface area contributed by atoms with Gasteiger partial charge in [0.2, 0.25) is 0 Å². The van der Waals surface area contributed by atoms with Gasteiger partial charge in [-0.25, -0.2) is 9.97 Å². The van der Waals surface area contributed by atoms with Crippen molar-refractivity contribution in [3.63, 3.8) is 0 Å². The minimum atomic E-state index is -0.409. The van der Waals surface area contributed by atoms with Crippen molar-refractivity contribution in [2.24, 2.45) is 0 Å². The molecule has 3 aliphatic heterocycles. The third kappa shape index (κ3) is 2.45. The summed E-state index contributed by atoms with van der Waals surface area (Å²) in [6.45, 7) is 0.741. The summed E-state index contributed by atoms with van der Waals surface area (Å²) in [7, 11) is 0. The molecule has 3 aliphatic rings. The SMILES string of the molecule is Clc1ccc2c(c1)[C@H]([C@H]1O[C@@H](n3ccc4c(Cl)ncnc43)[C@@H]3OCO[C@@H]31)OC2. The Bertz CT molecular complexity index is 1070. The van der Waals surface area contributed by atoms with Gasteiger partial charge in [-0.1, -0.05) is 29.3 Å². The number of hydrogen-bond acceptors (Lipinski definition) is 6. The molecule has 5 atom stereocenters. The van der Waals surface area contributed by atoms with Crippen LogP contribution in [0.1, 0.15) is 23.5 Å². The van der Waals surface area contributed by atoms with Crippen LogP contribution in [0.25, 0.3) is 11.0 Å². The van der Waals surface area contributed by atoms with Gasteiger partial charge in [-0.05, 0) is 29.3 Å². The van der Waals surface area contributed by atoms with Crippen molar-refractivity contribution in [3.05, 3.63) is 58.1 Å². The van der Waals surface area contributed by atoms with Crippen molar-refractivity contribution >= 4 is 34.2 Å². The summed E-state index contributed by atoms with van der Waals surface area (Å²) in [6, 6.07) is 7.68. The molecule has 0 aliphatic carbocycles. The lowest BCUT2D eigenvalue weighted by atomic mass is 9.97. The number of aromatic nitrogens is 3. The van der Waals surface area contributed by atoms with Gasteiger partial charge >= 0.3 is 0 Å². The highest BCUT2D eigenvalue weighted by Crippen LogP contribution is 2.47. The van der Waals surface area contributed by atoms with E-state index in [4.69, 9.17) is 42.1 Å². The van der Waals surface area contributed by atoms with Crippen LogP contribution in [0, 0.1) is 0 Å². The van der Waals surface area contributed by atoms with E-state index in [9.17, 15) is 0 Å². The fourth-order valence-electron chi connectivity index (χ4n) is 4.34. The third-order valence-electron chi connectivity index (χ3n) is 5.61. The van der Waals surface area contributed by atoms with E-state index < -0.39 is 6.23 Å². The third-order valence-corrected chi connectivity index (χ3v) is 6.15. The highest BCUT2D eigenvalue weighted by Gasteiger charge is 2.55. The number of nitrogens with zero attached hydrogens (tertiary/aromatic N) is 3. The van der Waals surface area contributed by atoms with Crippen molar-refractivity contribution in [3.8, 4) is 0 Å². The first kappa shape index (κ1) is 17.1. The molecule has 5 heterocycles. The molecule has 7 nitrogen and oxygen atoms in total. The standard InChI is InChI=1S/C19H15Cl2N3O4/c20-10-2-1-9-6-25-13(12(9)5-10)15-14-16(27-8-26-14)19(28-15)24-4-3-11-17(21)22-7-23-18(11)24/h1-5,7,13-16,19H,6,8H2/t13-,14-,15-,16-,19-/m1/s1. The average molecular weight is 420 g/mol. The van der Waals surface area contributed by atoms with Crippen LogP contribution in [0.4, 0.5) is 0 Å². The summed E-state index contributed by atoms with van der Waals surface area (Å²) in [5.41, 5.74) is 2.84. The molecule has 2 saturated heterocycles. The number of ether oxygens (including phenoxy) is 4. The fourth-order valence-corrected chi connectivity index (χ4v) is 4.72. The summed E-state index contributed by atoms with van der Waals surface area (Å²) in [5, 5.41) is 1.84. The lowest BCUT2D eigenvalue weighted by Crippen LogP contribution is -2.32. The average Bonchev–Trinajstić information content (AvgIpc) is 3.44. The van der Waals surface area contributed by atoms with Crippen LogP contribution in [-0.2, 0) is 25.6 Å². The van der Waals surface area contributed by atoms with Gasteiger partial charge in [0.1, 0.15) is 48.3 Å². The van der Waals surface area contributed by atoms with Gasteiger partial charge in [-0.3, -0.25) is 0 Å². The first-order chi connectivity index (χ1) is 13.7. The summed E-state index contributed by atoms with van der Waals surface area (Å²) in [5.74, 6) is 0. The molecule has 6 rings (SSSR count). The first-order valence-corrected chi connectivity index (χ1v) is 9.72. The Morgan fingerprint density at radius 1 is 1.00 bits per heavy atom. The summed E-state index contributed by atoms with van der Waals surface area (Å²) < 4.78 is 26.2. The molecule has 2 fully saturated rings. The van der Waals surface area contributed by atoms with Crippen LogP contribution in [0.3, 0.4) is 0 Å². The predicted molar refractivity (Wildman–Crippen MR) is 100 cm³/mol. The monoisotopic (exact) mass is 419 g/mol. The topological polar surface area (TPSA) is 67.6 Å². The van der Waals surface area contributed by atoms with Crippen LogP contribution in [0.2, 0.25) is 10.2 Å². The van der Waals surface area contributed by atoms with Crippen molar-refractivity contribution in [2.75, 3.05) is 6.79 Å². The van der Waals surface area contributed by atoms with E-state index in [1.54, 1.807) is 0 Å². The summed E-state index contributed by atoms with van der Waals surface area (Å²) >= 11 is 12.4. The van der Waals surface area contributed by atoms with E-state index in [1.165, 1.54) is 6.33 Å². The Morgan fingerprint density at radius 2 is 1.89 bits per heavy atom. The Balaban J connectivity index is 1.39. The molecule has 0 spiro atoms. The first-order valence-electron chi connectivity index (χ1n) is 8.96. The number of halogens is 2. The molecule has 3 aromatic rings. The maximum Gasteiger partial charge on any atom is 0.164 e. The zero-order chi connectivity index (χ0) is 18.8. The van der Waals surface area contributed by atoms with Crippen LogP contribution < -0.4 is 0 Å². The zero-order valence-electron chi connectivity index (χ0n) is 14.5. The molecule has 28 heavy (non-hydrogen) atoms. The largest absolute Gasteiger partial charge is 0.366 e. The number of hydrogen-bond donors (Lipinski definition) is 0. The second kappa shape index (κ2) is 6.38. The Morgan fingerprint density at radius 3 is 2.82 bits per heavy atom. The molecule has 0 amide bonds. The maximum absolute atomic E-state index is 6.44. The molecular weight excluding hydrogens is 405 g/mol. The van der Waals surface area contributed by atoms with Crippen LogP contribution in [0.5, 0.6) is 0 Å². The second-order valence-corrected chi connectivity index (χ2v) is 7.87. The van der Waals surface area contributed by atoms with Gasteiger partial charge in [0.15, 0.2) is 6.23 Å². The minimum Gasteiger partial charge on any atom is -0.366 e. The quantitative estimate of drug-likeness (QED) is 0.590. The van der Waals surface area contributed by atoms with Crippen molar-refractivity contribution in [1.82, 2.24) is 14.5 Å². The van der Waals surface area contributed by atoms with Crippen LogP contribution in [0.15, 0.2) is 36.8 Å². The number of fused-ring (bicyclic) bond motifs is 3. The Hall–Kier alpha value is -1.74. The van der Waals surface area contributed by atoms with E-state index in [0.717, 1.165) is 16.5 Å².